The molecule has 2 aliphatic heterocycles. The van der Waals surface area contributed by atoms with Crippen LogP contribution < -0.4 is 5.32 Å². The SMILES string of the molecule is CNC(=O)C[C@@H]1CC[C@@H](C)[C@H](CCC2(C)OCC(C)(C)CO2)C12OOC([Si](C)(C)C)O2. The molecule has 3 aliphatic rings. The van der Waals surface area contributed by atoms with Crippen LogP contribution in [0.4, 0.5) is 0 Å². The molecule has 3 rings (SSSR count). The zero-order valence-electron chi connectivity index (χ0n) is 20.7. The highest BCUT2D eigenvalue weighted by atomic mass is 28.3. The molecule has 2 saturated heterocycles. The largest absolute Gasteiger partial charge is 0.359 e. The monoisotopic (exact) mass is 457 g/mol. The lowest BCUT2D eigenvalue weighted by Gasteiger charge is -2.48. The fraction of sp³-hybridized carbons (Fsp3) is 0.957. The van der Waals surface area contributed by atoms with Crippen molar-refractivity contribution in [1.29, 1.82) is 0 Å². The summed E-state index contributed by atoms with van der Waals surface area (Å²) >= 11 is 0. The van der Waals surface area contributed by atoms with E-state index in [1.807, 2.05) is 6.92 Å². The van der Waals surface area contributed by atoms with Gasteiger partial charge in [-0.2, -0.15) is 4.89 Å². The molecular weight excluding hydrogens is 414 g/mol. The van der Waals surface area contributed by atoms with Crippen molar-refractivity contribution in [3.05, 3.63) is 0 Å². The third-order valence-corrected chi connectivity index (χ3v) is 8.79. The number of rotatable bonds is 6. The van der Waals surface area contributed by atoms with Crippen LogP contribution in [0.1, 0.15) is 59.8 Å². The third-order valence-electron chi connectivity index (χ3n) is 7.16. The molecule has 31 heavy (non-hydrogen) atoms. The first-order chi connectivity index (χ1) is 14.3. The molecule has 0 aromatic rings. The van der Waals surface area contributed by atoms with Crippen LogP contribution in [0.5, 0.6) is 0 Å². The van der Waals surface area contributed by atoms with Gasteiger partial charge in [0, 0.05) is 37.1 Å². The van der Waals surface area contributed by atoms with E-state index in [9.17, 15) is 4.79 Å². The molecule has 0 aromatic heterocycles. The van der Waals surface area contributed by atoms with E-state index in [0.29, 0.717) is 25.6 Å². The summed E-state index contributed by atoms with van der Waals surface area (Å²) in [6, 6.07) is 0. The predicted octanol–water partition coefficient (Wildman–Crippen LogP) is 4.23. The van der Waals surface area contributed by atoms with Crippen LogP contribution in [0, 0.1) is 23.2 Å². The van der Waals surface area contributed by atoms with Crippen molar-refractivity contribution in [1.82, 2.24) is 5.32 Å². The average molecular weight is 458 g/mol. The molecule has 7 nitrogen and oxygen atoms in total. The number of carbonyl (C=O) groups excluding carboxylic acids is 1. The first-order valence-corrected chi connectivity index (χ1v) is 15.4. The number of ether oxygens (including phenoxy) is 3. The van der Waals surface area contributed by atoms with Gasteiger partial charge in [0.25, 0.3) is 0 Å². The molecular formula is C23H43NO6Si. The average Bonchev–Trinajstić information content (AvgIpc) is 3.13. The van der Waals surface area contributed by atoms with E-state index in [1.54, 1.807) is 7.05 Å². The van der Waals surface area contributed by atoms with Gasteiger partial charge in [-0.3, -0.25) is 4.79 Å². The predicted molar refractivity (Wildman–Crippen MR) is 121 cm³/mol. The topological polar surface area (TPSA) is 75.3 Å². The van der Waals surface area contributed by atoms with Crippen LogP contribution in [0.2, 0.25) is 19.6 Å². The second-order valence-electron chi connectivity index (χ2n) is 11.9. The van der Waals surface area contributed by atoms with Crippen LogP contribution in [0.3, 0.4) is 0 Å². The van der Waals surface area contributed by atoms with Gasteiger partial charge in [0.1, 0.15) is 8.07 Å². The minimum Gasteiger partial charge on any atom is -0.359 e. The molecule has 1 aliphatic carbocycles. The van der Waals surface area contributed by atoms with E-state index in [0.717, 1.165) is 25.7 Å². The van der Waals surface area contributed by atoms with E-state index < -0.39 is 19.6 Å². The lowest BCUT2D eigenvalue weighted by atomic mass is 9.67. The number of carbonyl (C=O) groups is 1. The smallest absolute Gasteiger partial charge is 0.220 e. The van der Waals surface area contributed by atoms with Gasteiger partial charge in [-0.05, 0) is 32.1 Å². The summed E-state index contributed by atoms with van der Waals surface area (Å²) in [5, 5.41) is 2.76. The number of amides is 1. The summed E-state index contributed by atoms with van der Waals surface area (Å²) in [7, 11) is -0.0927. The second kappa shape index (κ2) is 9.03. The van der Waals surface area contributed by atoms with Crippen molar-refractivity contribution in [3.8, 4) is 0 Å². The van der Waals surface area contributed by atoms with Crippen molar-refractivity contribution >= 4 is 14.0 Å². The summed E-state index contributed by atoms with van der Waals surface area (Å²) in [5.41, 5.74) is 0.0353. The lowest BCUT2D eigenvalue weighted by Crippen LogP contribution is -2.55. The molecule has 1 N–H and O–H groups in total. The maximum absolute atomic E-state index is 12.3. The molecule has 3 fully saturated rings. The normalized spacial score (nSPS) is 37.7. The molecule has 2 heterocycles. The van der Waals surface area contributed by atoms with Crippen LogP contribution in [0.15, 0.2) is 0 Å². The fourth-order valence-electron chi connectivity index (χ4n) is 4.92. The second-order valence-corrected chi connectivity index (χ2v) is 17.1. The van der Waals surface area contributed by atoms with Crippen LogP contribution >= 0.6 is 0 Å². The van der Waals surface area contributed by atoms with Crippen molar-refractivity contribution in [2.24, 2.45) is 23.2 Å². The summed E-state index contributed by atoms with van der Waals surface area (Å²) in [4.78, 5) is 24.3. The molecule has 2 unspecified atom stereocenters. The molecule has 8 heteroatoms. The fourth-order valence-corrected chi connectivity index (χ4v) is 5.80. The molecule has 1 amide bonds. The van der Waals surface area contributed by atoms with E-state index >= 15 is 0 Å². The van der Waals surface area contributed by atoms with Crippen LogP contribution in [0.25, 0.3) is 0 Å². The lowest BCUT2D eigenvalue weighted by molar-refractivity contribution is -0.370. The Balaban J connectivity index is 1.80. The molecule has 1 spiro atoms. The Morgan fingerprint density at radius 2 is 1.74 bits per heavy atom. The van der Waals surface area contributed by atoms with Gasteiger partial charge in [-0.1, -0.05) is 40.4 Å². The highest BCUT2D eigenvalue weighted by Gasteiger charge is 2.60. The van der Waals surface area contributed by atoms with Gasteiger partial charge in [-0.25, -0.2) is 4.89 Å². The quantitative estimate of drug-likeness (QED) is 0.475. The summed E-state index contributed by atoms with van der Waals surface area (Å²) in [6.45, 7) is 16.6. The maximum Gasteiger partial charge on any atom is 0.220 e. The minimum absolute atomic E-state index is 0.00877. The molecule has 0 radical (unpaired) electrons. The van der Waals surface area contributed by atoms with Gasteiger partial charge in [0.15, 0.2) is 11.7 Å². The van der Waals surface area contributed by atoms with E-state index in [1.165, 1.54) is 0 Å². The number of hydrogen-bond acceptors (Lipinski definition) is 6. The first kappa shape index (κ1) is 25.1. The summed E-state index contributed by atoms with van der Waals surface area (Å²) < 4.78 is 19.0. The van der Waals surface area contributed by atoms with Crippen molar-refractivity contribution in [2.75, 3.05) is 20.3 Å². The van der Waals surface area contributed by atoms with E-state index in [2.05, 4.69) is 45.7 Å². The molecule has 0 aromatic carbocycles. The highest BCUT2D eigenvalue weighted by molar-refractivity contribution is 6.77. The summed E-state index contributed by atoms with van der Waals surface area (Å²) in [6.07, 6.45) is 3.86. The first-order valence-electron chi connectivity index (χ1n) is 11.8. The Labute approximate surface area is 188 Å². The Morgan fingerprint density at radius 1 is 1.10 bits per heavy atom. The van der Waals surface area contributed by atoms with Gasteiger partial charge in [0.2, 0.25) is 11.7 Å². The van der Waals surface area contributed by atoms with Crippen LogP contribution in [-0.2, 0) is 28.8 Å². The van der Waals surface area contributed by atoms with Crippen molar-refractivity contribution < 1.29 is 28.8 Å². The van der Waals surface area contributed by atoms with Crippen LogP contribution in [-0.4, -0.2) is 51.7 Å². The summed E-state index contributed by atoms with van der Waals surface area (Å²) in [5.74, 6) is -1.42. The molecule has 1 saturated carbocycles. The standard InChI is InChI=1S/C23H43NO6Si/c1-16-9-10-17(13-19(25)24-5)23(28-20(29-30-23)31(6,7)8)18(16)11-12-22(4)26-14-21(2,3)15-27-22/h16-18,20H,9-15H2,1-8H3,(H,24,25)/t16-,17+,18+,20?,23?/m1/s1. The number of hydrogen-bond donors (Lipinski definition) is 1. The Hall–Kier alpha value is -0.513. The van der Waals surface area contributed by atoms with E-state index in [-0.39, 0.29) is 29.1 Å². The molecule has 5 atom stereocenters. The Kier molecular flexibility index (Phi) is 7.31. The Morgan fingerprint density at radius 3 is 2.29 bits per heavy atom. The van der Waals surface area contributed by atoms with Crippen molar-refractivity contribution in [3.63, 3.8) is 0 Å². The van der Waals surface area contributed by atoms with Gasteiger partial charge in [0.05, 0.1) is 13.2 Å². The highest BCUT2D eigenvalue weighted by Crippen LogP contribution is 2.53. The van der Waals surface area contributed by atoms with Gasteiger partial charge < -0.3 is 19.5 Å². The van der Waals surface area contributed by atoms with E-state index in [4.69, 9.17) is 24.0 Å². The zero-order chi connectivity index (χ0) is 23.1. The molecule has 180 valence electrons. The van der Waals surface area contributed by atoms with Gasteiger partial charge in [-0.15, -0.1) is 0 Å². The molecule has 0 bridgehead atoms. The zero-order valence-corrected chi connectivity index (χ0v) is 21.7. The third kappa shape index (κ3) is 5.53. The number of nitrogens with one attached hydrogen (secondary N) is 1. The Bertz CT molecular complexity index is 640. The maximum atomic E-state index is 12.3. The minimum atomic E-state index is -1.77. The van der Waals surface area contributed by atoms with Crippen molar-refractivity contribution in [2.45, 2.75) is 96.9 Å². The van der Waals surface area contributed by atoms with Gasteiger partial charge >= 0.3 is 0 Å².